The molecule has 1 aromatic carbocycles. The van der Waals surface area contributed by atoms with Crippen molar-refractivity contribution in [3.05, 3.63) is 35.4 Å². The Hall–Kier alpha value is -0.860. The van der Waals surface area contributed by atoms with Crippen LogP contribution in [0.4, 0.5) is 0 Å². The molecule has 3 rings (SSSR count). The van der Waals surface area contributed by atoms with Crippen molar-refractivity contribution in [1.29, 1.82) is 0 Å². The molecule has 2 nitrogen and oxygen atoms in total. The number of rotatable bonds is 6. The molecule has 0 atom stereocenters. The number of ether oxygens (including phenoxy) is 2. The van der Waals surface area contributed by atoms with Gasteiger partial charge in [-0.1, -0.05) is 57.4 Å². The second-order valence-electron chi connectivity index (χ2n) is 8.35. The molecular weight excluding hydrogens is 308 g/mol. The van der Waals surface area contributed by atoms with Crippen LogP contribution in [0.2, 0.25) is 0 Å². The summed E-state index contributed by atoms with van der Waals surface area (Å²) in [7, 11) is 0. The second-order valence-corrected chi connectivity index (χ2v) is 8.35. The molecule has 0 unspecified atom stereocenters. The highest BCUT2D eigenvalue weighted by Crippen LogP contribution is 2.39. The van der Waals surface area contributed by atoms with E-state index >= 15 is 0 Å². The molecule has 1 aliphatic heterocycles. The fourth-order valence-corrected chi connectivity index (χ4v) is 4.64. The zero-order chi connectivity index (χ0) is 17.7. The first-order valence-corrected chi connectivity index (χ1v) is 10.5. The Morgan fingerprint density at radius 2 is 1.40 bits per heavy atom. The maximum absolute atomic E-state index is 6.12. The summed E-state index contributed by atoms with van der Waals surface area (Å²) < 4.78 is 12.2. The molecule has 0 amide bonds. The predicted molar refractivity (Wildman–Crippen MR) is 104 cm³/mol. The zero-order valence-corrected chi connectivity index (χ0v) is 16.4. The molecule has 0 radical (unpaired) electrons. The molecule has 2 aliphatic rings. The first-order valence-electron chi connectivity index (χ1n) is 10.5. The van der Waals surface area contributed by atoms with Gasteiger partial charge in [-0.15, -0.1) is 0 Å². The van der Waals surface area contributed by atoms with Crippen LogP contribution in [0.1, 0.15) is 89.2 Å². The van der Waals surface area contributed by atoms with Crippen molar-refractivity contribution in [3.8, 4) is 0 Å². The zero-order valence-electron chi connectivity index (χ0n) is 16.4. The number of hydrogen-bond donors (Lipinski definition) is 0. The van der Waals surface area contributed by atoms with Crippen LogP contribution in [0.3, 0.4) is 0 Å². The predicted octanol–water partition coefficient (Wildman–Crippen LogP) is 6.40. The van der Waals surface area contributed by atoms with E-state index in [1.54, 1.807) is 0 Å². The Kier molecular flexibility index (Phi) is 6.57. The van der Waals surface area contributed by atoms with E-state index in [9.17, 15) is 0 Å². The Morgan fingerprint density at radius 1 is 0.840 bits per heavy atom. The first kappa shape index (κ1) is 18.9. The molecule has 2 heteroatoms. The van der Waals surface area contributed by atoms with E-state index in [0.29, 0.717) is 5.92 Å². The average Bonchev–Trinajstić information content (AvgIpc) is 2.65. The molecule has 1 aliphatic carbocycles. The van der Waals surface area contributed by atoms with Gasteiger partial charge in [0.25, 0.3) is 0 Å². The van der Waals surface area contributed by atoms with Gasteiger partial charge < -0.3 is 9.47 Å². The van der Waals surface area contributed by atoms with E-state index in [1.165, 1.54) is 56.9 Å². The van der Waals surface area contributed by atoms with Crippen LogP contribution in [0.5, 0.6) is 0 Å². The Morgan fingerprint density at radius 3 is 1.96 bits per heavy atom. The molecule has 1 saturated carbocycles. The fraction of sp³-hybridized carbons (Fsp3) is 0.739. The quantitative estimate of drug-likeness (QED) is 0.595. The number of benzene rings is 1. The van der Waals surface area contributed by atoms with E-state index in [-0.39, 0.29) is 0 Å². The monoisotopic (exact) mass is 344 g/mol. The third kappa shape index (κ3) is 4.65. The van der Waals surface area contributed by atoms with Gasteiger partial charge in [0.2, 0.25) is 0 Å². The summed E-state index contributed by atoms with van der Waals surface area (Å²) in [5, 5.41) is 0. The summed E-state index contributed by atoms with van der Waals surface area (Å²) in [4.78, 5) is 0. The topological polar surface area (TPSA) is 18.5 Å². The molecule has 1 heterocycles. The van der Waals surface area contributed by atoms with Gasteiger partial charge in [-0.25, -0.2) is 0 Å². The van der Waals surface area contributed by atoms with E-state index in [4.69, 9.17) is 9.47 Å². The van der Waals surface area contributed by atoms with E-state index in [2.05, 4.69) is 45.0 Å². The van der Waals surface area contributed by atoms with Gasteiger partial charge in [-0.2, -0.15) is 0 Å². The summed E-state index contributed by atoms with van der Waals surface area (Å²) in [5.74, 6) is 1.70. The van der Waals surface area contributed by atoms with Gasteiger partial charge in [0.1, 0.15) is 0 Å². The van der Waals surface area contributed by atoms with Crippen molar-refractivity contribution in [3.63, 3.8) is 0 Å². The van der Waals surface area contributed by atoms with Crippen molar-refractivity contribution in [1.82, 2.24) is 0 Å². The van der Waals surface area contributed by atoms with E-state index in [0.717, 1.165) is 30.6 Å². The van der Waals surface area contributed by atoms with Gasteiger partial charge in [0.15, 0.2) is 5.79 Å². The summed E-state index contributed by atoms with van der Waals surface area (Å²) in [6.07, 6.45) is 10.7. The van der Waals surface area contributed by atoms with Crippen molar-refractivity contribution >= 4 is 0 Å². The SMILES string of the molecule is CCC[C@H]1CC[C@H](c2ccc([C@]3(C)OC[C@@H](CCC)CO3)cc2)CC1. The molecule has 2 fully saturated rings. The van der Waals surface area contributed by atoms with Crippen molar-refractivity contribution < 1.29 is 9.47 Å². The highest BCUT2D eigenvalue weighted by atomic mass is 16.7. The van der Waals surface area contributed by atoms with Crippen molar-refractivity contribution in [2.75, 3.05) is 13.2 Å². The maximum Gasteiger partial charge on any atom is 0.191 e. The standard InChI is InChI=1S/C23H36O2/c1-4-6-18-8-10-20(11-9-18)21-12-14-22(15-13-21)23(3)24-16-19(7-5-2)17-25-23/h12-15,18-20H,4-11,16-17H2,1-3H3/t18-,19-,20-,23-. The van der Waals surface area contributed by atoms with Crippen LogP contribution in [0.25, 0.3) is 0 Å². The summed E-state index contributed by atoms with van der Waals surface area (Å²) in [6, 6.07) is 9.09. The lowest BCUT2D eigenvalue weighted by Gasteiger charge is -2.38. The van der Waals surface area contributed by atoms with Gasteiger partial charge in [-0.05, 0) is 56.4 Å². The molecule has 0 N–H and O–H groups in total. The molecule has 0 aromatic heterocycles. The molecule has 1 aromatic rings. The minimum atomic E-state index is -0.568. The van der Waals surface area contributed by atoms with Gasteiger partial charge in [0, 0.05) is 11.5 Å². The lowest BCUT2D eigenvalue weighted by Crippen LogP contribution is -2.39. The van der Waals surface area contributed by atoms with Gasteiger partial charge in [-0.3, -0.25) is 0 Å². The lowest BCUT2D eigenvalue weighted by atomic mass is 9.77. The first-order chi connectivity index (χ1) is 12.1. The average molecular weight is 345 g/mol. The molecular formula is C23H36O2. The van der Waals surface area contributed by atoms with Crippen LogP contribution < -0.4 is 0 Å². The Bertz CT molecular complexity index is 505. The third-order valence-corrected chi connectivity index (χ3v) is 6.34. The van der Waals surface area contributed by atoms with Crippen molar-refractivity contribution in [2.24, 2.45) is 11.8 Å². The molecule has 140 valence electrons. The van der Waals surface area contributed by atoms with Crippen LogP contribution in [0, 0.1) is 11.8 Å². The fourth-order valence-electron chi connectivity index (χ4n) is 4.64. The summed E-state index contributed by atoms with van der Waals surface area (Å²) in [5.41, 5.74) is 2.66. The van der Waals surface area contributed by atoms with Crippen LogP contribution in [0.15, 0.2) is 24.3 Å². The maximum atomic E-state index is 6.12. The van der Waals surface area contributed by atoms with Crippen LogP contribution in [-0.2, 0) is 15.3 Å². The van der Waals surface area contributed by atoms with Crippen molar-refractivity contribution in [2.45, 2.75) is 83.8 Å². The number of hydrogen-bond acceptors (Lipinski definition) is 2. The third-order valence-electron chi connectivity index (χ3n) is 6.34. The summed E-state index contributed by atoms with van der Waals surface area (Å²) >= 11 is 0. The molecule has 1 saturated heterocycles. The van der Waals surface area contributed by atoms with E-state index < -0.39 is 5.79 Å². The molecule has 0 bridgehead atoms. The molecule has 25 heavy (non-hydrogen) atoms. The van der Waals surface area contributed by atoms with E-state index in [1.807, 2.05) is 0 Å². The highest BCUT2D eigenvalue weighted by molar-refractivity contribution is 5.28. The van der Waals surface area contributed by atoms with Crippen LogP contribution in [-0.4, -0.2) is 13.2 Å². The second kappa shape index (κ2) is 8.68. The Balaban J connectivity index is 1.57. The Labute approximate surface area is 154 Å². The minimum absolute atomic E-state index is 0.552. The lowest BCUT2D eigenvalue weighted by molar-refractivity contribution is -0.282. The summed E-state index contributed by atoms with van der Waals surface area (Å²) in [6.45, 7) is 8.23. The minimum Gasteiger partial charge on any atom is -0.346 e. The highest BCUT2D eigenvalue weighted by Gasteiger charge is 2.34. The largest absolute Gasteiger partial charge is 0.346 e. The van der Waals surface area contributed by atoms with Gasteiger partial charge in [0.05, 0.1) is 13.2 Å². The normalized spacial score (nSPS) is 33.3. The smallest absolute Gasteiger partial charge is 0.191 e. The molecule has 0 spiro atoms. The van der Waals surface area contributed by atoms with Crippen LogP contribution >= 0.6 is 0 Å². The van der Waals surface area contributed by atoms with Gasteiger partial charge >= 0.3 is 0 Å².